The van der Waals surface area contributed by atoms with Crippen molar-refractivity contribution in [3.63, 3.8) is 0 Å². The number of aryl methyl sites for hydroxylation is 1. The maximum absolute atomic E-state index is 12.1. The number of carbonyl (C=O) groups excluding carboxylic acids is 1. The normalized spacial score (nSPS) is 12.4. The molecule has 1 N–H and O–H groups in total. The average molecular weight is 290 g/mol. The lowest BCUT2D eigenvalue weighted by atomic mass is 10.2. The van der Waals surface area contributed by atoms with Gasteiger partial charge in [0.05, 0.1) is 6.04 Å². The van der Waals surface area contributed by atoms with Crippen LogP contribution in [0.1, 0.15) is 49.2 Å². The zero-order chi connectivity index (χ0) is 15.6. The van der Waals surface area contributed by atoms with Crippen molar-refractivity contribution in [1.82, 2.24) is 29.9 Å². The summed E-state index contributed by atoms with van der Waals surface area (Å²) in [7, 11) is 1.50. The molecule has 0 radical (unpaired) electrons. The molecule has 8 nitrogen and oxygen atoms in total. The minimum atomic E-state index is -0.364. The zero-order valence-electron chi connectivity index (χ0n) is 12.4. The molecule has 21 heavy (non-hydrogen) atoms. The molecule has 112 valence electrons. The summed E-state index contributed by atoms with van der Waals surface area (Å²) in [4.78, 5) is 23.4. The first kappa shape index (κ1) is 14.9. The Hall–Kier alpha value is -2.51. The van der Waals surface area contributed by atoms with Gasteiger partial charge in [0, 0.05) is 19.2 Å². The van der Waals surface area contributed by atoms with Crippen LogP contribution >= 0.6 is 0 Å². The lowest BCUT2D eigenvalue weighted by Crippen LogP contribution is -2.31. The lowest BCUT2D eigenvalue weighted by Gasteiger charge is -2.16. The number of aromatic nitrogens is 5. The molecule has 0 aliphatic carbocycles. The molecule has 0 bridgehead atoms. The van der Waals surface area contributed by atoms with Crippen molar-refractivity contribution in [3.05, 3.63) is 40.3 Å². The third kappa shape index (κ3) is 3.15. The van der Waals surface area contributed by atoms with Crippen molar-refractivity contribution in [1.29, 1.82) is 0 Å². The summed E-state index contributed by atoms with van der Waals surface area (Å²) < 4.78 is 3.01. The largest absolute Gasteiger partial charge is 0.341 e. The van der Waals surface area contributed by atoms with Gasteiger partial charge >= 0.3 is 0 Å². The van der Waals surface area contributed by atoms with Crippen LogP contribution in [0.15, 0.2) is 23.3 Å². The summed E-state index contributed by atoms with van der Waals surface area (Å²) in [5.41, 5.74) is -0.0845. The molecular formula is C13H18N6O2. The zero-order valence-corrected chi connectivity index (χ0v) is 12.4. The van der Waals surface area contributed by atoms with Gasteiger partial charge in [-0.05, 0) is 26.8 Å². The van der Waals surface area contributed by atoms with Gasteiger partial charge in [-0.25, -0.2) is 4.68 Å². The van der Waals surface area contributed by atoms with E-state index in [1.165, 1.54) is 19.2 Å². The van der Waals surface area contributed by atoms with Gasteiger partial charge in [0.25, 0.3) is 11.5 Å². The standard InChI is InChI=1S/C13H18N6O2/c1-8(2)19-7-14-16-12(19)9(3)15-13(21)10-5-6-11(20)18(4)17-10/h5-9H,1-4H3,(H,15,21). The van der Waals surface area contributed by atoms with E-state index in [9.17, 15) is 9.59 Å². The molecule has 0 fully saturated rings. The topological polar surface area (TPSA) is 94.7 Å². The van der Waals surface area contributed by atoms with Crippen LogP contribution in [0.5, 0.6) is 0 Å². The van der Waals surface area contributed by atoms with Crippen LogP contribution in [0.3, 0.4) is 0 Å². The summed E-state index contributed by atoms with van der Waals surface area (Å²) in [6.45, 7) is 5.84. The van der Waals surface area contributed by atoms with Crippen LogP contribution in [0.4, 0.5) is 0 Å². The maximum Gasteiger partial charge on any atom is 0.272 e. The molecule has 1 unspecified atom stereocenters. The predicted molar refractivity (Wildman–Crippen MR) is 75.8 cm³/mol. The van der Waals surface area contributed by atoms with Gasteiger partial charge in [0.15, 0.2) is 5.82 Å². The Balaban J connectivity index is 2.17. The Morgan fingerprint density at radius 2 is 2.00 bits per heavy atom. The average Bonchev–Trinajstić information content (AvgIpc) is 2.91. The van der Waals surface area contributed by atoms with Crippen molar-refractivity contribution < 1.29 is 4.79 Å². The van der Waals surface area contributed by atoms with E-state index in [1.807, 2.05) is 25.3 Å². The quantitative estimate of drug-likeness (QED) is 0.882. The highest BCUT2D eigenvalue weighted by Gasteiger charge is 2.18. The summed E-state index contributed by atoms with van der Waals surface area (Å²) in [6.07, 6.45) is 1.63. The molecule has 2 heterocycles. The second kappa shape index (κ2) is 5.86. The van der Waals surface area contributed by atoms with Crippen LogP contribution in [0, 0.1) is 0 Å². The third-order valence-electron chi connectivity index (χ3n) is 3.09. The van der Waals surface area contributed by atoms with Gasteiger partial charge in [-0.15, -0.1) is 10.2 Å². The lowest BCUT2D eigenvalue weighted by molar-refractivity contribution is 0.0930. The van der Waals surface area contributed by atoms with Gasteiger partial charge in [-0.2, -0.15) is 5.10 Å². The number of carbonyl (C=O) groups is 1. The Morgan fingerprint density at radius 1 is 1.29 bits per heavy atom. The van der Waals surface area contributed by atoms with E-state index < -0.39 is 0 Å². The molecule has 2 aromatic rings. The minimum Gasteiger partial charge on any atom is -0.341 e. The Kier molecular flexibility index (Phi) is 4.15. The highest BCUT2D eigenvalue weighted by Crippen LogP contribution is 2.14. The molecule has 8 heteroatoms. The summed E-state index contributed by atoms with van der Waals surface area (Å²) in [6, 6.07) is 2.59. The highest BCUT2D eigenvalue weighted by atomic mass is 16.2. The van der Waals surface area contributed by atoms with Gasteiger partial charge in [0.2, 0.25) is 0 Å². The summed E-state index contributed by atoms with van der Waals surface area (Å²) in [5.74, 6) is 0.305. The first-order chi connectivity index (χ1) is 9.90. The second-order valence-corrected chi connectivity index (χ2v) is 5.07. The van der Waals surface area contributed by atoms with Gasteiger partial charge in [-0.3, -0.25) is 9.59 Å². The van der Waals surface area contributed by atoms with Gasteiger partial charge < -0.3 is 9.88 Å². The third-order valence-corrected chi connectivity index (χ3v) is 3.09. The molecule has 2 aromatic heterocycles. The van der Waals surface area contributed by atoms with Gasteiger partial charge in [-0.1, -0.05) is 0 Å². The fraction of sp³-hybridized carbons (Fsp3) is 0.462. The van der Waals surface area contributed by atoms with Crippen LogP contribution < -0.4 is 10.9 Å². The Labute approximate surface area is 121 Å². The molecule has 0 aromatic carbocycles. The molecule has 1 atom stereocenters. The predicted octanol–water partition coefficient (Wildman–Crippen LogP) is 0.444. The fourth-order valence-corrected chi connectivity index (χ4v) is 1.92. The van der Waals surface area contributed by atoms with E-state index in [0.29, 0.717) is 5.82 Å². The molecule has 0 spiro atoms. The Bertz CT molecular complexity index is 703. The Morgan fingerprint density at radius 3 is 2.62 bits per heavy atom. The second-order valence-electron chi connectivity index (χ2n) is 5.07. The number of amides is 1. The first-order valence-electron chi connectivity index (χ1n) is 6.64. The van der Waals surface area contributed by atoms with Crippen molar-refractivity contribution in [3.8, 4) is 0 Å². The van der Waals surface area contributed by atoms with E-state index in [-0.39, 0.29) is 29.2 Å². The van der Waals surface area contributed by atoms with Crippen LogP contribution in [0.2, 0.25) is 0 Å². The molecule has 0 saturated heterocycles. The van der Waals surface area contributed by atoms with Crippen molar-refractivity contribution in [2.75, 3.05) is 0 Å². The van der Waals surface area contributed by atoms with Crippen molar-refractivity contribution >= 4 is 5.91 Å². The van der Waals surface area contributed by atoms with E-state index in [4.69, 9.17) is 0 Å². The van der Waals surface area contributed by atoms with Crippen molar-refractivity contribution in [2.45, 2.75) is 32.9 Å². The van der Waals surface area contributed by atoms with E-state index >= 15 is 0 Å². The molecule has 1 amide bonds. The van der Waals surface area contributed by atoms with Crippen molar-refractivity contribution in [2.24, 2.45) is 7.05 Å². The molecule has 0 saturated carbocycles. The molecule has 0 aliphatic heterocycles. The summed E-state index contributed by atoms with van der Waals surface area (Å²) >= 11 is 0. The van der Waals surface area contributed by atoms with E-state index in [0.717, 1.165) is 4.68 Å². The number of rotatable bonds is 4. The number of hydrogen-bond acceptors (Lipinski definition) is 5. The smallest absolute Gasteiger partial charge is 0.272 e. The number of hydrogen-bond donors (Lipinski definition) is 1. The minimum absolute atomic E-state index is 0.180. The summed E-state index contributed by atoms with van der Waals surface area (Å²) in [5, 5.41) is 14.6. The number of nitrogens with zero attached hydrogens (tertiary/aromatic N) is 5. The van der Waals surface area contributed by atoms with E-state index in [1.54, 1.807) is 6.33 Å². The molecule has 2 rings (SSSR count). The van der Waals surface area contributed by atoms with Gasteiger partial charge in [0.1, 0.15) is 12.0 Å². The maximum atomic E-state index is 12.1. The van der Waals surface area contributed by atoms with E-state index in [2.05, 4.69) is 20.6 Å². The number of nitrogens with one attached hydrogen (secondary N) is 1. The first-order valence-corrected chi connectivity index (χ1v) is 6.64. The van der Waals surface area contributed by atoms with Crippen LogP contribution in [-0.2, 0) is 7.05 Å². The highest BCUT2D eigenvalue weighted by molar-refractivity contribution is 5.92. The molecular weight excluding hydrogens is 272 g/mol. The monoisotopic (exact) mass is 290 g/mol. The molecule has 0 aliphatic rings. The van der Waals surface area contributed by atoms with Crippen LogP contribution in [0.25, 0.3) is 0 Å². The van der Waals surface area contributed by atoms with Crippen LogP contribution in [-0.4, -0.2) is 30.5 Å². The fourth-order valence-electron chi connectivity index (χ4n) is 1.92. The SMILES string of the molecule is CC(NC(=O)c1ccc(=O)n(C)n1)c1nncn1C(C)C.